The second-order valence-corrected chi connectivity index (χ2v) is 13.1. The highest BCUT2D eigenvalue weighted by Crippen LogP contribution is 2.29. The summed E-state index contributed by atoms with van der Waals surface area (Å²) in [5.41, 5.74) is 1.59. The lowest BCUT2D eigenvalue weighted by molar-refractivity contribution is 0.233. The first-order chi connectivity index (χ1) is 23.0. The van der Waals surface area contributed by atoms with Crippen molar-refractivity contribution < 1.29 is 45.6 Å². The Morgan fingerprint density at radius 1 is 0.500 bits per heavy atom. The van der Waals surface area contributed by atoms with Crippen molar-refractivity contribution in [3.63, 3.8) is 0 Å². The van der Waals surface area contributed by atoms with Gasteiger partial charge in [0.25, 0.3) is 20.2 Å². The van der Waals surface area contributed by atoms with Crippen molar-refractivity contribution in [3.05, 3.63) is 96.1 Å². The number of benzene rings is 4. The molecule has 16 heteroatoms. The highest BCUT2D eigenvalue weighted by atomic mass is 32.2. The molecule has 0 atom stereocenters. The summed E-state index contributed by atoms with van der Waals surface area (Å²) in [4.78, 5) is -0.842. The lowest BCUT2D eigenvalue weighted by atomic mass is 10.0. The van der Waals surface area contributed by atoms with E-state index in [1.54, 1.807) is 48.5 Å². The van der Waals surface area contributed by atoms with Gasteiger partial charge < -0.3 is 19.7 Å². The first-order valence-corrected chi connectivity index (χ1v) is 17.6. The molecule has 0 unspecified atom stereocenters. The van der Waals surface area contributed by atoms with Gasteiger partial charge in [0.05, 0.1) is 45.8 Å². The maximum atomic E-state index is 12.3. The van der Waals surface area contributed by atoms with Crippen molar-refractivity contribution >= 4 is 43.0 Å². The van der Waals surface area contributed by atoms with Gasteiger partial charge in [-0.15, -0.1) is 0 Å². The molecule has 48 heavy (non-hydrogen) atoms. The van der Waals surface area contributed by atoms with E-state index in [1.807, 2.05) is 0 Å². The fraction of sp³-hybridized carbons (Fsp3) is 0.250. The van der Waals surface area contributed by atoms with Gasteiger partial charge in [0, 0.05) is 26.1 Å². The Kier molecular flexibility index (Phi) is 12.8. The molecule has 0 fully saturated rings. The average molecular weight is 699 g/mol. The van der Waals surface area contributed by atoms with E-state index in [-0.39, 0.29) is 48.6 Å². The summed E-state index contributed by atoms with van der Waals surface area (Å²) >= 11 is 0. The Balaban J connectivity index is 1.48. The minimum absolute atomic E-state index is 0.0135. The van der Waals surface area contributed by atoms with E-state index in [0.717, 1.165) is 12.1 Å². The predicted molar refractivity (Wildman–Crippen MR) is 176 cm³/mol. The Labute approximate surface area is 277 Å². The van der Waals surface area contributed by atoms with Crippen LogP contribution in [0.25, 0.3) is 0 Å². The van der Waals surface area contributed by atoms with Crippen LogP contribution in [-0.4, -0.2) is 62.6 Å². The molecule has 254 valence electrons. The molecular formula is C32H34N4O10S2. The lowest BCUT2D eigenvalue weighted by Crippen LogP contribution is -2.07. The zero-order valence-electron chi connectivity index (χ0n) is 25.6. The van der Waals surface area contributed by atoms with Crippen LogP contribution in [0.2, 0.25) is 0 Å². The highest BCUT2D eigenvalue weighted by Gasteiger charge is 2.20. The molecule has 0 aliphatic carbocycles. The van der Waals surface area contributed by atoms with E-state index in [9.17, 15) is 25.9 Å². The van der Waals surface area contributed by atoms with E-state index in [2.05, 4.69) is 20.5 Å². The lowest BCUT2D eigenvalue weighted by Gasteiger charge is -2.11. The van der Waals surface area contributed by atoms with Gasteiger partial charge in [0.2, 0.25) is 0 Å². The van der Waals surface area contributed by atoms with Gasteiger partial charge in [-0.2, -0.15) is 37.3 Å². The predicted octanol–water partition coefficient (Wildman–Crippen LogP) is 6.32. The third-order valence-corrected chi connectivity index (χ3v) is 8.57. The quantitative estimate of drug-likeness (QED) is 0.0546. The van der Waals surface area contributed by atoms with Gasteiger partial charge in [-0.1, -0.05) is 12.1 Å². The first-order valence-electron chi connectivity index (χ1n) is 14.7. The van der Waals surface area contributed by atoms with Crippen molar-refractivity contribution in [1.29, 1.82) is 0 Å². The van der Waals surface area contributed by atoms with Gasteiger partial charge in [0.15, 0.2) is 0 Å². The molecule has 0 saturated heterocycles. The Morgan fingerprint density at radius 2 is 0.833 bits per heavy atom. The van der Waals surface area contributed by atoms with Crippen molar-refractivity contribution in [2.75, 3.05) is 26.4 Å². The SMILES string of the molecule is O=S(=O)(O)c1cc(N=Nc2ccc(OCCCO)cc2)ccc1CCc1ccc(N=Nc2ccc(OCCCO)cc2)cc1S(=O)(=O)O. The molecule has 4 rings (SSSR count). The zero-order valence-corrected chi connectivity index (χ0v) is 27.2. The fourth-order valence-corrected chi connectivity index (χ4v) is 5.87. The number of aryl methyl sites for hydroxylation is 2. The number of azo groups is 2. The normalized spacial score (nSPS) is 12.2. The molecule has 0 radical (unpaired) electrons. The van der Waals surface area contributed by atoms with Gasteiger partial charge in [-0.05, 0) is 96.8 Å². The van der Waals surface area contributed by atoms with E-state index in [1.165, 1.54) is 24.3 Å². The van der Waals surface area contributed by atoms with Crippen molar-refractivity contribution in [1.82, 2.24) is 0 Å². The monoisotopic (exact) mass is 698 g/mol. The van der Waals surface area contributed by atoms with Gasteiger partial charge in [0.1, 0.15) is 11.5 Å². The second kappa shape index (κ2) is 17.0. The molecule has 4 aromatic rings. The molecule has 0 heterocycles. The summed E-state index contributed by atoms with van der Waals surface area (Å²) in [5, 5.41) is 34.0. The summed E-state index contributed by atoms with van der Waals surface area (Å²) in [6.07, 6.45) is 0.965. The Bertz CT molecular complexity index is 1810. The van der Waals surface area contributed by atoms with Gasteiger partial charge in [-0.25, -0.2) is 0 Å². The summed E-state index contributed by atoms with van der Waals surface area (Å²) in [6, 6.07) is 21.5. The largest absolute Gasteiger partial charge is 0.494 e. The van der Waals surface area contributed by atoms with Crippen molar-refractivity contribution in [2.45, 2.75) is 35.5 Å². The molecule has 4 N–H and O–H groups in total. The molecule has 0 aromatic heterocycles. The third kappa shape index (κ3) is 11.0. The van der Waals surface area contributed by atoms with E-state index in [0.29, 0.717) is 48.9 Å². The fourth-order valence-electron chi connectivity index (χ4n) is 4.33. The van der Waals surface area contributed by atoms with Crippen LogP contribution in [0.3, 0.4) is 0 Å². The van der Waals surface area contributed by atoms with E-state index >= 15 is 0 Å². The van der Waals surface area contributed by atoms with Crippen LogP contribution in [0.1, 0.15) is 24.0 Å². The highest BCUT2D eigenvalue weighted by molar-refractivity contribution is 7.86. The number of aliphatic hydroxyl groups excluding tert-OH is 2. The maximum absolute atomic E-state index is 12.3. The van der Waals surface area contributed by atoms with Crippen LogP contribution in [0.5, 0.6) is 11.5 Å². The summed E-state index contributed by atoms with van der Waals surface area (Å²) in [5.74, 6) is 1.17. The molecule has 0 spiro atoms. The number of rotatable bonds is 17. The first kappa shape index (κ1) is 36.3. The smallest absolute Gasteiger partial charge is 0.294 e. The van der Waals surface area contributed by atoms with Crippen LogP contribution < -0.4 is 9.47 Å². The Hall–Kier alpha value is -4.58. The topological polar surface area (TPSA) is 217 Å². The molecule has 0 saturated carbocycles. The molecule has 0 aliphatic rings. The van der Waals surface area contributed by atoms with Crippen LogP contribution in [0.4, 0.5) is 22.7 Å². The van der Waals surface area contributed by atoms with Crippen LogP contribution in [-0.2, 0) is 33.1 Å². The summed E-state index contributed by atoms with van der Waals surface area (Å²) < 4.78 is 79.8. The van der Waals surface area contributed by atoms with Crippen molar-refractivity contribution in [2.24, 2.45) is 20.5 Å². The number of hydrogen-bond donors (Lipinski definition) is 4. The number of hydrogen-bond acceptors (Lipinski definition) is 12. The molecular weight excluding hydrogens is 665 g/mol. The van der Waals surface area contributed by atoms with E-state index < -0.39 is 30.0 Å². The molecule has 14 nitrogen and oxygen atoms in total. The Morgan fingerprint density at radius 3 is 1.17 bits per heavy atom. The average Bonchev–Trinajstić information content (AvgIpc) is 3.06. The molecule has 4 aromatic carbocycles. The zero-order chi connectivity index (χ0) is 34.6. The standard InChI is InChI=1S/C32H34N4O10S2/c37-17-1-19-45-29-13-9-25(10-14-29)33-35-27-7-5-23(31(21-27)47(39,40)41)3-4-24-6-8-28(22-32(24)48(42,43)44)36-34-26-11-15-30(16-12-26)46-20-2-18-38/h5-16,21-22,37-38H,1-4,17-20H2,(H,39,40,41)(H,42,43,44). The number of ether oxygens (including phenoxy) is 2. The van der Waals surface area contributed by atoms with Crippen LogP contribution in [0, 0.1) is 0 Å². The molecule has 0 bridgehead atoms. The maximum Gasteiger partial charge on any atom is 0.294 e. The van der Waals surface area contributed by atoms with Crippen LogP contribution >= 0.6 is 0 Å². The van der Waals surface area contributed by atoms with Crippen molar-refractivity contribution in [3.8, 4) is 11.5 Å². The third-order valence-electron chi connectivity index (χ3n) is 6.70. The van der Waals surface area contributed by atoms with Gasteiger partial charge >= 0.3 is 0 Å². The van der Waals surface area contributed by atoms with Gasteiger partial charge in [-0.3, -0.25) is 9.11 Å². The van der Waals surface area contributed by atoms with Crippen LogP contribution in [0.15, 0.2) is 115 Å². The molecule has 0 amide bonds. The minimum Gasteiger partial charge on any atom is -0.494 e. The van der Waals surface area contributed by atoms with E-state index in [4.69, 9.17) is 19.7 Å². The molecule has 0 aliphatic heterocycles. The summed E-state index contributed by atoms with van der Waals surface area (Å²) in [6.45, 7) is 0.755. The minimum atomic E-state index is -4.70. The second-order valence-electron chi connectivity index (χ2n) is 10.3. The number of nitrogens with zero attached hydrogens (tertiary/aromatic N) is 4. The summed E-state index contributed by atoms with van der Waals surface area (Å²) in [7, 11) is -9.39. The number of aliphatic hydroxyl groups is 2.